The molecule has 1 aromatic rings. The largest absolute Gasteiger partial charge is 0.373 e. The van der Waals surface area contributed by atoms with Crippen molar-refractivity contribution in [3.8, 4) is 0 Å². The van der Waals surface area contributed by atoms with Crippen molar-refractivity contribution in [3.05, 3.63) is 32.1 Å². The molecule has 4 N–H and O–H groups in total. The van der Waals surface area contributed by atoms with E-state index in [2.05, 4.69) is 9.97 Å². The molecule has 0 radical (unpaired) electrons. The first-order valence-electron chi connectivity index (χ1n) is 6.42. The highest BCUT2D eigenvalue weighted by Gasteiger charge is 2.24. The highest BCUT2D eigenvalue weighted by molar-refractivity contribution is 5.79. The zero-order valence-corrected chi connectivity index (χ0v) is 11.3. The highest BCUT2D eigenvalue weighted by atomic mass is 16.5. The van der Waals surface area contributed by atoms with E-state index >= 15 is 0 Å². The van der Waals surface area contributed by atoms with Crippen LogP contribution >= 0.6 is 0 Å². The second-order valence-corrected chi connectivity index (χ2v) is 4.76. The summed E-state index contributed by atoms with van der Waals surface area (Å²) >= 11 is 0. The molecule has 1 unspecified atom stereocenters. The Bertz CT molecular complexity index is 606. The summed E-state index contributed by atoms with van der Waals surface area (Å²) in [7, 11) is 0. The minimum Gasteiger partial charge on any atom is -0.373 e. The molecule has 1 aliphatic rings. The Morgan fingerprint density at radius 2 is 2.20 bits per heavy atom. The SMILES string of the molecule is Cc1[nH]c(=O)[nH]c(=O)c1CC(=O)N1CCOC(CN)C1. The van der Waals surface area contributed by atoms with Crippen LogP contribution in [-0.4, -0.2) is 53.1 Å². The number of nitrogens with zero attached hydrogens (tertiary/aromatic N) is 1. The van der Waals surface area contributed by atoms with Gasteiger partial charge in [0, 0.05) is 30.9 Å². The second kappa shape index (κ2) is 6.02. The molecular weight excluding hydrogens is 264 g/mol. The molecule has 1 aliphatic heterocycles. The molecule has 1 saturated heterocycles. The molecular formula is C12H18N4O4. The number of carbonyl (C=O) groups is 1. The molecule has 20 heavy (non-hydrogen) atoms. The molecule has 1 atom stereocenters. The van der Waals surface area contributed by atoms with Gasteiger partial charge in [-0.25, -0.2) is 4.79 Å². The van der Waals surface area contributed by atoms with Crippen LogP contribution in [0.3, 0.4) is 0 Å². The summed E-state index contributed by atoms with van der Waals surface area (Å²) in [6.45, 7) is 3.29. The van der Waals surface area contributed by atoms with E-state index in [9.17, 15) is 14.4 Å². The van der Waals surface area contributed by atoms with Gasteiger partial charge in [0.2, 0.25) is 5.91 Å². The van der Waals surface area contributed by atoms with Crippen LogP contribution in [0.15, 0.2) is 9.59 Å². The molecule has 1 fully saturated rings. The Labute approximate surface area is 114 Å². The molecule has 8 nitrogen and oxygen atoms in total. The van der Waals surface area contributed by atoms with E-state index in [0.29, 0.717) is 31.9 Å². The highest BCUT2D eigenvalue weighted by Crippen LogP contribution is 2.07. The molecule has 0 spiro atoms. The number of aromatic nitrogens is 2. The number of aryl methyl sites for hydroxylation is 1. The summed E-state index contributed by atoms with van der Waals surface area (Å²) in [6.07, 6.45) is -0.211. The number of ether oxygens (including phenoxy) is 1. The maximum atomic E-state index is 12.2. The number of aromatic amines is 2. The maximum Gasteiger partial charge on any atom is 0.325 e. The summed E-state index contributed by atoms with van der Waals surface area (Å²) in [5.74, 6) is -0.174. The quantitative estimate of drug-likeness (QED) is 0.598. The molecule has 1 amide bonds. The van der Waals surface area contributed by atoms with Crippen LogP contribution in [0, 0.1) is 6.92 Å². The van der Waals surface area contributed by atoms with Gasteiger partial charge in [0.15, 0.2) is 0 Å². The number of nitrogens with two attached hydrogens (primary N) is 1. The van der Waals surface area contributed by atoms with Crippen molar-refractivity contribution in [1.29, 1.82) is 0 Å². The fourth-order valence-corrected chi connectivity index (χ4v) is 2.19. The van der Waals surface area contributed by atoms with Gasteiger partial charge in [-0.2, -0.15) is 0 Å². The average molecular weight is 282 g/mol. The van der Waals surface area contributed by atoms with Gasteiger partial charge in [-0.3, -0.25) is 14.6 Å². The maximum absolute atomic E-state index is 12.2. The van der Waals surface area contributed by atoms with Crippen molar-refractivity contribution >= 4 is 5.91 Å². The average Bonchev–Trinajstić information content (AvgIpc) is 2.42. The van der Waals surface area contributed by atoms with Crippen LogP contribution in [0.25, 0.3) is 0 Å². The van der Waals surface area contributed by atoms with Crippen LogP contribution in [0.4, 0.5) is 0 Å². The van der Waals surface area contributed by atoms with Crippen molar-refractivity contribution < 1.29 is 9.53 Å². The van der Waals surface area contributed by atoms with Gasteiger partial charge in [-0.15, -0.1) is 0 Å². The molecule has 110 valence electrons. The minimum absolute atomic E-state index is 0.0464. The third kappa shape index (κ3) is 3.14. The van der Waals surface area contributed by atoms with E-state index in [1.165, 1.54) is 0 Å². The Hall–Kier alpha value is -1.93. The Balaban J connectivity index is 2.12. The lowest BCUT2D eigenvalue weighted by Crippen LogP contribution is -2.49. The molecule has 0 saturated carbocycles. The van der Waals surface area contributed by atoms with Gasteiger partial charge >= 0.3 is 5.69 Å². The van der Waals surface area contributed by atoms with Gasteiger partial charge < -0.3 is 20.4 Å². The van der Waals surface area contributed by atoms with Crippen LogP contribution in [0.1, 0.15) is 11.3 Å². The Morgan fingerprint density at radius 1 is 1.45 bits per heavy atom. The van der Waals surface area contributed by atoms with E-state index in [1.807, 2.05) is 0 Å². The van der Waals surface area contributed by atoms with Gasteiger partial charge in [0.05, 0.1) is 19.1 Å². The number of nitrogens with one attached hydrogen (secondary N) is 2. The summed E-state index contributed by atoms with van der Waals surface area (Å²) < 4.78 is 5.39. The van der Waals surface area contributed by atoms with Crippen molar-refractivity contribution in [2.24, 2.45) is 5.73 Å². The third-order valence-electron chi connectivity index (χ3n) is 3.34. The number of morpholine rings is 1. The van der Waals surface area contributed by atoms with E-state index < -0.39 is 11.2 Å². The third-order valence-corrected chi connectivity index (χ3v) is 3.34. The summed E-state index contributed by atoms with van der Waals surface area (Å²) in [4.78, 5) is 41.2. The van der Waals surface area contributed by atoms with E-state index in [0.717, 1.165) is 0 Å². The zero-order chi connectivity index (χ0) is 14.7. The first kappa shape index (κ1) is 14.5. The minimum atomic E-state index is -0.571. The Kier molecular flexibility index (Phi) is 4.35. The number of hydrogen-bond acceptors (Lipinski definition) is 5. The normalized spacial score (nSPS) is 19.1. The van der Waals surface area contributed by atoms with Crippen molar-refractivity contribution in [3.63, 3.8) is 0 Å². The molecule has 0 aromatic carbocycles. The smallest absolute Gasteiger partial charge is 0.325 e. The summed E-state index contributed by atoms with van der Waals surface area (Å²) in [5.41, 5.74) is 5.13. The van der Waals surface area contributed by atoms with Crippen molar-refractivity contribution in [2.45, 2.75) is 19.4 Å². The van der Waals surface area contributed by atoms with E-state index in [4.69, 9.17) is 10.5 Å². The number of hydrogen-bond donors (Lipinski definition) is 3. The fraction of sp³-hybridized carbons (Fsp3) is 0.583. The molecule has 0 bridgehead atoms. The van der Waals surface area contributed by atoms with E-state index in [-0.39, 0.29) is 24.0 Å². The monoisotopic (exact) mass is 282 g/mol. The van der Waals surface area contributed by atoms with Crippen LogP contribution < -0.4 is 17.0 Å². The van der Waals surface area contributed by atoms with Gasteiger partial charge in [-0.05, 0) is 6.92 Å². The summed E-state index contributed by atoms with van der Waals surface area (Å²) in [5, 5.41) is 0. The number of H-pyrrole nitrogens is 2. The first-order chi connectivity index (χ1) is 9.51. The molecule has 0 aliphatic carbocycles. The number of carbonyl (C=O) groups excluding carboxylic acids is 1. The molecule has 2 heterocycles. The lowest BCUT2D eigenvalue weighted by molar-refractivity contribution is -0.137. The van der Waals surface area contributed by atoms with Crippen LogP contribution in [0.5, 0.6) is 0 Å². The predicted octanol–water partition coefficient (Wildman–Crippen LogP) is -1.90. The van der Waals surface area contributed by atoms with Crippen molar-refractivity contribution in [1.82, 2.24) is 14.9 Å². The lowest BCUT2D eigenvalue weighted by atomic mass is 10.1. The molecule has 2 rings (SSSR count). The standard InChI is InChI=1S/C12H18N4O4/c1-7-9(11(18)15-12(19)14-7)4-10(17)16-2-3-20-8(5-13)6-16/h8H,2-6,13H2,1H3,(H2,14,15,18,19). The summed E-state index contributed by atoms with van der Waals surface area (Å²) in [6, 6.07) is 0. The van der Waals surface area contributed by atoms with Crippen LogP contribution in [0.2, 0.25) is 0 Å². The van der Waals surface area contributed by atoms with E-state index in [1.54, 1.807) is 11.8 Å². The molecule has 1 aromatic heterocycles. The van der Waals surface area contributed by atoms with Crippen molar-refractivity contribution in [2.75, 3.05) is 26.2 Å². The predicted molar refractivity (Wildman–Crippen MR) is 71.5 cm³/mol. The second-order valence-electron chi connectivity index (χ2n) is 4.76. The Morgan fingerprint density at radius 3 is 2.85 bits per heavy atom. The lowest BCUT2D eigenvalue weighted by Gasteiger charge is -2.32. The number of rotatable bonds is 3. The topological polar surface area (TPSA) is 121 Å². The van der Waals surface area contributed by atoms with Gasteiger partial charge in [0.25, 0.3) is 5.56 Å². The van der Waals surface area contributed by atoms with Gasteiger partial charge in [0.1, 0.15) is 0 Å². The van der Waals surface area contributed by atoms with Crippen LogP contribution in [-0.2, 0) is 16.0 Å². The number of amides is 1. The molecule has 8 heteroatoms. The fourth-order valence-electron chi connectivity index (χ4n) is 2.19. The zero-order valence-electron chi connectivity index (χ0n) is 11.3. The first-order valence-corrected chi connectivity index (χ1v) is 6.42. The van der Waals surface area contributed by atoms with Gasteiger partial charge in [-0.1, -0.05) is 0 Å².